The van der Waals surface area contributed by atoms with Crippen molar-refractivity contribution in [3.05, 3.63) is 17.7 Å². The minimum atomic E-state index is -0.391. The first-order valence-electron chi connectivity index (χ1n) is 6.21. The fraction of sp³-hybridized carbons (Fsp3) is 0.500. The smallest absolute Gasteiger partial charge is 0.338 e. The Morgan fingerprint density at radius 3 is 2.10 bits per heavy atom. The molecule has 5 nitrogen and oxygen atoms in total. The van der Waals surface area contributed by atoms with Gasteiger partial charge in [0.2, 0.25) is 5.75 Å². The first kappa shape index (κ1) is 16.9. The summed E-state index contributed by atoms with van der Waals surface area (Å²) in [7, 11) is 4.53. The Balaban J connectivity index is 2.86. The van der Waals surface area contributed by atoms with Crippen LogP contribution in [0.5, 0.6) is 17.2 Å². The van der Waals surface area contributed by atoms with Gasteiger partial charge in [0.1, 0.15) is 0 Å². The van der Waals surface area contributed by atoms with Crippen LogP contribution in [0.25, 0.3) is 0 Å². The molecule has 20 heavy (non-hydrogen) atoms. The highest BCUT2D eigenvalue weighted by molar-refractivity contribution is 14.1. The number of unbranched alkanes of at least 4 members (excludes halogenated alkanes) is 1. The standard InChI is InChI=1S/C14H19IO5/c1-17-11-8-10(9-12(18-2)13(11)19-3)14(16)20-7-5-4-6-15/h8-9H,4-7H2,1-3H3. The Hall–Kier alpha value is -1.18. The van der Waals surface area contributed by atoms with E-state index in [-0.39, 0.29) is 0 Å². The summed E-state index contributed by atoms with van der Waals surface area (Å²) < 4.78 is 21.9. The number of alkyl halides is 1. The van der Waals surface area contributed by atoms with E-state index in [2.05, 4.69) is 22.6 Å². The van der Waals surface area contributed by atoms with Crippen LogP contribution in [0.2, 0.25) is 0 Å². The van der Waals surface area contributed by atoms with Crippen molar-refractivity contribution < 1.29 is 23.7 Å². The van der Waals surface area contributed by atoms with Crippen LogP contribution in [0.1, 0.15) is 23.2 Å². The maximum absolute atomic E-state index is 12.0. The number of benzene rings is 1. The monoisotopic (exact) mass is 394 g/mol. The van der Waals surface area contributed by atoms with E-state index in [9.17, 15) is 4.79 Å². The minimum Gasteiger partial charge on any atom is -0.493 e. The number of methoxy groups -OCH3 is 3. The van der Waals surface area contributed by atoms with Gasteiger partial charge in [-0.1, -0.05) is 22.6 Å². The number of esters is 1. The van der Waals surface area contributed by atoms with Crippen molar-refractivity contribution in [3.63, 3.8) is 0 Å². The predicted octanol–water partition coefficient (Wildman–Crippen LogP) is 3.08. The lowest BCUT2D eigenvalue weighted by molar-refractivity contribution is 0.0499. The molecule has 0 aromatic heterocycles. The molecule has 0 atom stereocenters. The molecule has 6 heteroatoms. The number of hydrogen-bond acceptors (Lipinski definition) is 5. The highest BCUT2D eigenvalue weighted by atomic mass is 127. The number of carbonyl (C=O) groups is 1. The lowest BCUT2D eigenvalue weighted by atomic mass is 10.2. The normalized spacial score (nSPS) is 10.0. The second-order valence-corrected chi connectivity index (χ2v) is 5.02. The van der Waals surface area contributed by atoms with Crippen molar-refractivity contribution in [3.8, 4) is 17.2 Å². The van der Waals surface area contributed by atoms with Gasteiger partial charge in [-0.15, -0.1) is 0 Å². The van der Waals surface area contributed by atoms with E-state index in [0.29, 0.717) is 29.4 Å². The van der Waals surface area contributed by atoms with Gasteiger partial charge in [-0.05, 0) is 29.4 Å². The second-order valence-electron chi connectivity index (χ2n) is 3.95. The van der Waals surface area contributed by atoms with E-state index >= 15 is 0 Å². The number of halogens is 1. The zero-order valence-electron chi connectivity index (χ0n) is 11.9. The molecule has 0 amide bonds. The van der Waals surface area contributed by atoms with Crippen molar-refractivity contribution in [2.75, 3.05) is 32.4 Å². The third-order valence-electron chi connectivity index (χ3n) is 2.66. The fourth-order valence-electron chi connectivity index (χ4n) is 1.64. The molecule has 0 N–H and O–H groups in total. The van der Waals surface area contributed by atoms with Gasteiger partial charge in [0, 0.05) is 0 Å². The van der Waals surface area contributed by atoms with E-state index in [1.54, 1.807) is 12.1 Å². The molecule has 0 bridgehead atoms. The van der Waals surface area contributed by atoms with E-state index in [0.717, 1.165) is 17.3 Å². The van der Waals surface area contributed by atoms with Crippen LogP contribution in [-0.2, 0) is 4.74 Å². The lowest BCUT2D eigenvalue weighted by Gasteiger charge is -2.13. The summed E-state index contributed by atoms with van der Waals surface area (Å²) in [6.45, 7) is 0.415. The molecule has 0 aliphatic carbocycles. The molecule has 0 radical (unpaired) electrons. The predicted molar refractivity (Wildman–Crippen MR) is 84.5 cm³/mol. The van der Waals surface area contributed by atoms with Gasteiger partial charge in [-0.2, -0.15) is 0 Å². The molecule has 0 aliphatic rings. The van der Waals surface area contributed by atoms with Gasteiger partial charge in [0.05, 0.1) is 33.5 Å². The van der Waals surface area contributed by atoms with Crippen LogP contribution in [-0.4, -0.2) is 38.3 Å². The molecule has 0 fully saturated rings. The Morgan fingerprint density at radius 2 is 1.65 bits per heavy atom. The first-order valence-corrected chi connectivity index (χ1v) is 7.73. The summed E-state index contributed by atoms with van der Waals surface area (Å²) in [5.41, 5.74) is 0.383. The molecule has 0 saturated carbocycles. The van der Waals surface area contributed by atoms with Crippen LogP contribution in [0, 0.1) is 0 Å². The van der Waals surface area contributed by atoms with Crippen LogP contribution in [0.4, 0.5) is 0 Å². The Bertz CT molecular complexity index is 422. The van der Waals surface area contributed by atoms with Crippen LogP contribution in [0.15, 0.2) is 12.1 Å². The SMILES string of the molecule is COc1cc(C(=O)OCCCCI)cc(OC)c1OC. The zero-order valence-corrected chi connectivity index (χ0v) is 14.1. The number of hydrogen-bond donors (Lipinski definition) is 0. The van der Waals surface area contributed by atoms with Crippen LogP contribution < -0.4 is 14.2 Å². The summed E-state index contributed by atoms with van der Waals surface area (Å²) in [4.78, 5) is 12.0. The Morgan fingerprint density at radius 1 is 1.05 bits per heavy atom. The van der Waals surface area contributed by atoms with Gasteiger partial charge in [-0.25, -0.2) is 4.79 Å². The van der Waals surface area contributed by atoms with E-state index < -0.39 is 5.97 Å². The summed E-state index contributed by atoms with van der Waals surface area (Å²) in [5.74, 6) is 0.936. The van der Waals surface area contributed by atoms with Gasteiger partial charge in [-0.3, -0.25) is 0 Å². The number of carbonyl (C=O) groups excluding carboxylic acids is 1. The van der Waals surface area contributed by atoms with Gasteiger partial charge in [0.25, 0.3) is 0 Å². The largest absolute Gasteiger partial charge is 0.493 e. The molecule has 0 unspecified atom stereocenters. The van der Waals surface area contributed by atoms with Crippen LogP contribution in [0.3, 0.4) is 0 Å². The number of ether oxygens (including phenoxy) is 4. The van der Waals surface area contributed by atoms with Gasteiger partial charge >= 0.3 is 5.97 Å². The maximum atomic E-state index is 12.0. The highest BCUT2D eigenvalue weighted by Crippen LogP contribution is 2.38. The first-order chi connectivity index (χ1) is 9.67. The molecule has 1 aromatic rings. The Kier molecular flexibility index (Phi) is 7.50. The highest BCUT2D eigenvalue weighted by Gasteiger charge is 2.17. The van der Waals surface area contributed by atoms with E-state index in [1.807, 2.05) is 0 Å². The third-order valence-corrected chi connectivity index (χ3v) is 3.42. The molecule has 0 aliphatic heterocycles. The van der Waals surface area contributed by atoms with Crippen molar-refractivity contribution in [1.29, 1.82) is 0 Å². The molecule has 1 aromatic carbocycles. The summed E-state index contributed by atoms with van der Waals surface area (Å²) in [6, 6.07) is 3.17. The zero-order chi connectivity index (χ0) is 15.0. The Labute approximate surface area is 132 Å². The molecular formula is C14H19IO5. The third kappa shape index (κ3) is 4.43. The quantitative estimate of drug-likeness (QED) is 0.294. The summed E-state index contributed by atoms with van der Waals surface area (Å²) >= 11 is 2.29. The van der Waals surface area contributed by atoms with Gasteiger partial charge in [0.15, 0.2) is 11.5 Å². The number of rotatable bonds is 8. The molecular weight excluding hydrogens is 375 g/mol. The second kappa shape index (κ2) is 8.89. The molecule has 112 valence electrons. The van der Waals surface area contributed by atoms with E-state index in [4.69, 9.17) is 18.9 Å². The molecule has 0 spiro atoms. The van der Waals surface area contributed by atoms with E-state index in [1.165, 1.54) is 21.3 Å². The van der Waals surface area contributed by atoms with Crippen molar-refractivity contribution in [2.24, 2.45) is 0 Å². The summed E-state index contributed by atoms with van der Waals surface area (Å²) in [5, 5.41) is 0. The maximum Gasteiger partial charge on any atom is 0.338 e. The summed E-state index contributed by atoms with van der Waals surface area (Å²) in [6.07, 6.45) is 1.89. The average molecular weight is 394 g/mol. The van der Waals surface area contributed by atoms with Crippen molar-refractivity contribution in [1.82, 2.24) is 0 Å². The lowest BCUT2D eigenvalue weighted by Crippen LogP contribution is -2.08. The minimum absolute atomic E-state index is 0.383. The molecule has 1 rings (SSSR count). The fourth-order valence-corrected chi connectivity index (χ4v) is 2.18. The molecule has 0 saturated heterocycles. The van der Waals surface area contributed by atoms with Crippen molar-refractivity contribution >= 4 is 28.6 Å². The topological polar surface area (TPSA) is 54.0 Å². The average Bonchev–Trinajstić information content (AvgIpc) is 2.49. The van der Waals surface area contributed by atoms with Crippen molar-refractivity contribution in [2.45, 2.75) is 12.8 Å². The van der Waals surface area contributed by atoms with Crippen LogP contribution >= 0.6 is 22.6 Å². The van der Waals surface area contributed by atoms with Gasteiger partial charge < -0.3 is 18.9 Å². The molecule has 0 heterocycles.